The minimum absolute atomic E-state index is 0.132. The molecule has 0 radical (unpaired) electrons. The Hall–Kier alpha value is 0.360. The first-order valence-corrected chi connectivity index (χ1v) is 16.7. The van der Waals surface area contributed by atoms with E-state index < -0.39 is 0 Å². The van der Waals surface area contributed by atoms with Gasteiger partial charge in [-0.05, 0) is 26.8 Å². The second-order valence-corrected chi connectivity index (χ2v) is 13.4. The molecule has 0 aromatic rings. The first-order chi connectivity index (χ1) is 16.9. The number of unbranched alkanes of at least 4 members (excludes halogenated alkanes) is 15. The van der Waals surface area contributed by atoms with Crippen LogP contribution in [0.15, 0.2) is 0 Å². The molecule has 208 valence electrons. The fourth-order valence-electron chi connectivity index (χ4n) is 4.00. The number of halogens is 2. The van der Waals surface area contributed by atoms with Gasteiger partial charge in [0.05, 0.1) is 0 Å². The summed E-state index contributed by atoms with van der Waals surface area (Å²) in [6.07, 6.45) is 21.8. The van der Waals surface area contributed by atoms with E-state index in [0.29, 0.717) is 26.3 Å². The number of carbonyl (C=O) groups is 2. The summed E-state index contributed by atoms with van der Waals surface area (Å²) in [7, 11) is 0. The number of rotatable bonds is 25. The minimum Gasteiger partial charge on any atom is -0.464 e. The van der Waals surface area contributed by atoms with Gasteiger partial charge in [-0.1, -0.05) is 148 Å². The van der Waals surface area contributed by atoms with E-state index in [4.69, 9.17) is 9.47 Å². The average Bonchev–Trinajstić information content (AvgIpc) is 2.82. The number of hydrogen-bond acceptors (Lipinski definition) is 5. The van der Waals surface area contributed by atoms with Crippen molar-refractivity contribution in [2.75, 3.05) is 32.8 Å². The molecule has 0 saturated carbocycles. The summed E-state index contributed by atoms with van der Waals surface area (Å²) in [5.41, 5.74) is 0. The maximum atomic E-state index is 11.7. The first kappa shape index (κ1) is 35.4. The Kier molecular flexibility index (Phi) is 26.3. The van der Waals surface area contributed by atoms with E-state index >= 15 is 0 Å². The van der Waals surface area contributed by atoms with Crippen LogP contribution in [-0.4, -0.2) is 57.5 Å². The van der Waals surface area contributed by atoms with E-state index in [2.05, 4.69) is 57.0 Å². The molecule has 0 aliphatic rings. The van der Waals surface area contributed by atoms with Crippen LogP contribution in [0.5, 0.6) is 0 Å². The predicted octanol–water partition coefficient (Wildman–Crippen LogP) is 8.28. The monoisotopic (exact) mass is 721 g/mol. The number of hydrogen-bond donors (Lipinski definition) is 0. The quantitative estimate of drug-likeness (QED) is 0.0411. The van der Waals surface area contributed by atoms with Crippen molar-refractivity contribution >= 4 is 57.1 Å². The summed E-state index contributed by atoms with van der Waals surface area (Å²) in [5, 5.41) is 0. The normalized spacial score (nSPS) is 13.1. The topological polar surface area (TPSA) is 55.8 Å². The second-order valence-electron chi connectivity index (χ2n) is 9.71. The Bertz CT molecular complexity index is 477. The number of esters is 2. The van der Waals surface area contributed by atoms with Crippen molar-refractivity contribution in [3.05, 3.63) is 0 Å². The molecule has 2 unspecified atom stereocenters. The van der Waals surface area contributed by atoms with E-state index in [9.17, 15) is 9.59 Å². The lowest BCUT2D eigenvalue weighted by Crippen LogP contribution is -2.34. The van der Waals surface area contributed by atoms with E-state index in [0.717, 1.165) is 13.0 Å². The van der Waals surface area contributed by atoms with E-state index in [1.54, 1.807) is 0 Å². The van der Waals surface area contributed by atoms with Crippen LogP contribution in [0.1, 0.15) is 124 Å². The fourth-order valence-corrected chi connectivity index (χ4v) is 4.36. The Labute approximate surface area is 243 Å². The molecule has 5 nitrogen and oxygen atoms in total. The summed E-state index contributed by atoms with van der Waals surface area (Å²) in [6, 6.07) is 0. The zero-order valence-electron chi connectivity index (χ0n) is 22.8. The van der Waals surface area contributed by atoms with Crippen LogP contribution in [0.2, 0.25) is 0 Å². The van der Waals surface area contributed by atoms with Gasteiger partial charge in [0.25, 0.3) is 0 Å². The molecule has 0 N–H and O–H groups in total. The maximum Gasteiger partial charge on any atom is 0.318 e. The number of carbonyl (C=O) groups excluding carboxylic acids is 2. The standard InChI is InChI=1S/C28H53I2NO4/c1-4-5-6-7-8-9-10-11-12-13-14-15-16-17-18-19-20-31(21-23-34-27(32)25(2)29)22-24-35-28(33)26(3)30/h25-26H,4-24H2,1-3H3. The second kappa shape index (κ2) is 26.0. The Balaban J connectivity index is 3.79. The van der Waals surface area contributed by atoms with Gasteiger partial charge < -0.3 is 9.47 Å². The molecule has 2 atom stereocenters. The van der Waals surface area contributed by atoms with Crippen molar-refractivity contribution in [2.45, 2.75) is 131 Å². The summed E-state index contributed by atoms with van der Waals surface area (Å²) in [5.74, 6) is -0.337. The van der Waals surface area contributed by atoms with Crippen molar-refractivity contribution in [3.8, 4) is 0 Å². The van der Waals surface area contributed by atoms with Gasteiger partial charge in [0.15, 0.2) is 0 Å². The molecule has 0 aliphatic carbocycles. The Morgan fingerprint density at radius 2 is 0.886 bits per heavy atom. The molecule has 0 heterocycles. The molecular formula is C28H53I2NO4. The molecule has 0 aromatic heterocycles. The van der Waals surface area contributed by atoms with Crippen LogP contribution in [0, 0.1) is 0 Å². The summed E-state index contributed by atoms with van der Waals surface area (Å²) < 4.78 is 10.4. The van der Waals surface area contributed by atoms with Gasteiger partial charge in [0.1, 0.15) is 21.1 Å². The lowest BCUT2D eigenvalue weighted by Gasteiger charge is -2.22. The zero-order valence-corrected chi connectivity index (χ0v) is 27.2. The van der Waals surface area contributed by atoms with E-state index in [1.807, 2.05) is 13.8 Å². The van der Waals surface area contributed by atoms with Crippen LogP contribution in [-0.2, 0) is 19.1 Å². The minimum atomic E-state index is -0.168. The largest absolute Gasteiger partial charge is 0.464 e. The third-order valence-electron chi connectivity index (χ3n) is 6.28. The van der Waals surface area contributed by atoms with E-state index in [1.165, 1.54) is 96.3 Å². The van der Waals surface area contributed by atoms with Gasteiger partial charge in [-0.25, -0.2) is 0 Å². The Morgan fingerprint density at radius 1 is 0.571 bits per heavy atom. The molecule has 7 heteroatoms. The number of ether oxygens (including phenoxy) is 2. The van der Waals surface area contributed by atoms with Gasteiger partial charge in [-0.15, -0.1) is 0 Å². The highest BCUT2D eigenvalue weighted by atomic mass is 127. The van der Waals surface area contributed by atoms with Gasteiger partial charge in [-0.3, -0.25) is 14.5 Å². The molecule has 0 bridgehead atoms. The van der Waals surface area contributed by atoms with Gasteiger partial charge >= 0.3 is 11.9 Å². The van der Waals surface area contributed by atoms with Gasteiger partial charge in [0, 0.05) is 13.1 Å². The van der Waals surface area contributed by atoms with Crippen molar-refractivity contribution < 1.29 is 19.1 Å². The first-order valence-electron chi connectivity index (χ1n) is 14.2. The maximum absolute atomic E-state index is 11.7. The molecule has 35 heavy (non-hydrogen) atoms. The zero-order chi connectivity index (χ0) is 26.2. The van der Waals surface area contributed by atoms with Gasteiger partial charge in [-0.2, -0.15) is 0 Å². The molecule has 0 amide bonds. The molecule has 0 spiro atoms. The molecule has 0 aromatic carbocycles. The number of alkyl halides is 2. The Morgan fingerprint density at radius 3 is 1.20 bits per heavy atom. The SMILES string of the molecule is CCCCCCCCCCCCCCCCCCN(CCOC(=O)C(C)I)CCOC(=O)C(C)I. The van der Waals surface area contributed by atoms with Crippen LogP contribution >= 0.6 is 45.2 Å². The summed E-state index contributed by atoms with van der Waals surface area (Å²) in [6.45, 7) is 9.05. The highest BCUT2D eigenvalue weighted by Gasteiger charge is 2.13. The van der Waals surface area contributed by atoms with Crippen molar-refractivity contribution in [1.29, 1.82) is 0 Å². The summed E-state index contributed by atoms with van der Waals surface area (Å²) in [4.78, 5) is 25.7. The van der Waals surface area contributed by atoms with Crippen LogP contribution < -0.4 is 0 Å². The summed E-state index contributed by atoms with van der Waals surface area (Å²) >= 11 is 4.14. The number of nitrogens with zero attached hydrogens (tertiary/aromatic N) is 1. The fraction of sp³-hybridized carbons (Fsp3) is 0.929. The van der Waals surface area contributed by atoms with Crippen molar-refractivity contribution in [1.82, 2.24) is 4.90 Å². The highest BCUT2D eigenvalue weighted by Crippen LogP contribution is 2.14. The van der Waals surface area contributed by atoms with Crippen molar-refractivity contribution in [3.63, 3.8) is 0 Å². The lowest BCUT2D eigenvalue weighted by atomic mass is 10.0. The van der Waals surface area contributed by atoms with Crippen LogP contribution in [0.3, 0.4) is 0 Å². The molecule has 0 fully saturated rings. The lowest BCUT2D eigenvalue weighted by molar-refractivity contribution is -0.143. The molecule has 0 saturated heterocycles. The third kappa shape index (κ3) is 24.5. The molecule has 0 rings (SSSR count). The van der Waals surface area contributed by atoms with Crippen LogP contribution in [0.25, 0.3) is 0 Å². The van der Waals surface area contributed by atoms with E-state index in [-0.39, 0.29) is 19.8 Å². The van der Waals surface area contributed by atoms with Crippen LogP contribution in [0.4, 0.5) is 0 Å². The van der Waals surface area contributed by atoms with Crippen molar-refractivity contribution in [2.24, 2.45) is 0 Å². The third-order valence-corrected chi connectivity index (χ3v) is 7.30. The average molecular weight is 722 g/mol. The molecular weight excluding hydrogens is 668 g/mol. The smallest absolute Gasteiger partial charge is 0.318 e. The predicted molar refractivity (Wildman–Crippen MR) is 165 cm³/mol. The van der Waals surface area contributed by atoms with Gasteiger partial charge in [0.2, 0.25) is 0 Å². The molecule has 0 aliphatic heterocycles. The highest BCUT2D eigenvalue weighted by molar-refractivity contribution is 14.1.